The zero-order chi connectivity index (χ0) is 18.0. The van der Waals surface area contributed by atoms with Crippen LogP contribution in [0.1, 0.15) is 35.2 Å². The first-order valence-corrected chi connectivity index (χ1v) is 9.40. The maximum Gasteiger partial charge on any atom is 0.253 e. The zero-order valence-electron chi connectivity index (χ0n) is 14.9. The van der Waals surface area contributed by atoms with Gasteiger partial charge >= 0.3 is 0 Å². The summed E-state index contributed by atoms with van der Waals surface area (Å²) in [7, 11) is 0. The smallest absolute Gasteiger partial charge is 0.253 e. The number of rotatable bonds is 3. The minimum absolute atomic E-state index is 0.0547. The molecule has 2 aromatic carbocycles. The Labute approximate surface area is 154 Å². The van der Waals surface area contributed by atoms with Crippen molar-refractivity contribution in [2.24, 2.45) is 0 Å². The minimum Gasteiger partial charge on any atom is -0.338 e. The van der Waals surface area contributed by atoms with Crippen LogP contribution in [0.15, 0.2) is 60.7 Å². The predicted molar refractivity (Wildman–Crippen MR) is 101 cm³/mol. The maximum atomic E-state index is 13.3. The van der Waals surface area contributed by atoms with Crippen molar-refractivity contribution >= 4 is 11.8 Å². The van der Waals surface area contributed by atoms with Crippen molar-refractivity contribution in [2.75, 3.05) is 26.2 Å². The molecule has 1 saturated heterocycles. The lowest BCUT2D eigenvalue weighted by Crippen LogP contribution is -2.57. The number of nitrogens with zero attached hydrogens (tertiary/aromatic N) is 2. The Morgan fingerprint density at radius 3 is 1.81 bits per heavy atom. The van der Waals surface area contributed by atoms with Crippen molar-refractivity contribution in [3.63, 3.8) is 0 Å². The summed E-state index contributed by atoms with van der Waals surface area (Å²) in [5.74, 6) is 0.292. The van der Waals surface area contributed by atoms with Crippen molar-refractivity contribution in [1.29, 1.82) is 0 Å². The van der Waals surface area contributed by atoms with Crippen LogP contribution in [0.2, 0.25) is 0 Å². The van der Waals surface area contributed by atoms with Gasteiger partial charge in [-0.25, -0.2) is 0 Å². The summed E-state index contributed by atoms with van der Waals surface area (Å²) in [6.07, 6.45) is 2.96. The molecule has 0 aromatic heterocycles. The second-order valence-corrected chi connectivity index (χ2v) is 7.25. The van der Waals surface area contributed by atoms with E-state index in [1.165, 1.54) is 0 Å². The number of carbonyl (C=O) groups is 2. The van der Waals surface area contributed by atoms with E-state index in [2.05, 4.69) is 12.1 Å². The lowest BCUT2D eigenvalue weighted by molar-refractivity contribution is -0.142. The third kappa shape index (κ3) is 2.90. The first-order valence-electron chi connectivity index (χ1n) is 9.40. The number of hydrogen-bond acceptors (Lipinski definition) is 2. The molecule has 2 aromatic rings. The Morgan fingerprint density at radius 1 is 0.731 bits per heavy atom. The molecule has 1 saturated carbocycles. The SMILES string of the molecule is O=C(c1ccccc1)N1CCN(C(=O)C2(c3ccccc3)CCC2)CC1. The van der Waals surface area contributed by atoms with Crippen molar-refractivity contribution in [3.05, 3.63) is 71.8 Å². The second-order valence-electron chi connectivity index (χ2n) is 7.25. The molecule has 2 fully saturated rings. The fraction of sp³-hybridized carbons (Fsp3) is 0.364. The van der Waals surface area contributed by atoms with E-state index in [4.69, 9.17) is 0 Å². The number of piperazine rings is 1. The minimum atomic E-state index is -0.340. The van der Waals surface area contributed by atoms with Gasteiger partial charge in [0, 0.05) is 31.7 Å². The molecule has 0 spiro atoms. The summed E-state index contributed by atoms with van der Waals surface area (Å²) in [5.41, 5.74) is 1.51. The molecule has 2 aliphatic rings. The normalized spacial score (nSPS) is 18.9. The summed E-state index contributed by atoms with van der Waals surface area (Å²) < 4.78 is 0. The van der Waals surface area contributed by atoms with E-state index in [1.54, 1.807) is 0 Å². The number of benzene rings is 2. The van der Waals surface area contributed by atoms with Crippen LogP contribution in [0.5, 0.6) is 0 Å². The van der Waals surface area contributed by atoms with E-state index in [1.807, 2.05) is 58.3 Å². The molecule has 1 aliphatic carbocycles. The average molecular weight is 348 g/mol. The van der Waals surface area contributed by atoms with Gasteiger partial charge in [-0.2, -0.15) is 0 Å². The van der Waals surface area contributed by atoms with Crippen LogP contribution in [-0.4, -0.2) is 47.8 Å². The van der Waals surface area contributed by atoms with Gasteiger partial charge in [-0.15, -0.1) is 0 Å². The highest BCUT2D eigenvalue weighted by Crippen LogP contribution is 2.45. The highest BCUT2D eigenvalue weighted by molar-refractivity contribution is 5.94. The molecule has 4 rings (SSSR count). The zero-order valence-corrected chi connectivity index (χ0v) is 14.9. The summed E-state index contributed by atoms with van der Waals surface area (Å²) in [6, 6.07) is 19.5. The second kappa shape index (κ2) is 6.94. The van der Waals surface area contributed by atoms with Crippen LogP contribution in [0, 0.1) is 0 Å². The van der Waals surface area contributed by atoms with Gasteiger partial charge in [0.15, 0.2) is 0 Å². The molecule has 26 heavy (non-hydrogen) atoms. The number of hydrogen-bond donors (Lipinski definition) is 0. The largest absolute Gasteiger partial charge is 0.338 e. The van der Waals surface area contributed by atoms with Gasteiger partial charge in [0.2, 0.25) is 5.91 Å². The van der Waals surface area contributed by atoms with Gasteiger partial charge in [0.05, 0.1) is 5.41 Å². The Kier molecular flexibility index (Phi) is 4.49. The van der Waals surface area contributed by atoms with Crippen molar-refractivity contribution < 1.29 is 9.59 Å². The molecule has 134 valence electrons. The molecule has 4 nitrogen and oxygen atoms in total. The van der Waals surface area contributed by atoms with E-state index in [0.717, 1.165) is 24.8 Å². The third-order valence-corrected chi connectivity index (χ3v) is 5.82. The first kappa shape index (κ1) is 16.8. The lowest BCUT2D eigenvalue weighted by Gasteiger charge is -2.46. The maximum absolute atomic E-state index is 13.3. The Morgan fingerprint density at radius 2 is 1.27 bits per heavy atom. The molecule has 1 aliphatic heterocycles. The van der Waals surface area contributed by atoms with Crippen LogP contribution < -0.4 is 0 Å². The number of carbonyl (C=O) groups excluding carboxylic acids is 2. The summed E-state index contributed by atoms with van der Waals surface area (Å²) in [6.45, 7) is 2.44. The number of amides is 2. The fourth-order valence-corrected chi connectivity index (χ4v) is 4.09. The third-order valence-electron chi connectivity index (χ3n) is 5.82. The Bertz CT molecular complexity index is 776. The van der Waals surface area contributed by atoms with E-state index >= 15 is 0 Å². The van der Waals surface area contributed by atoms with Crippen LogP contribution in [0.4, 0.5) is 0 Å². The average Bonchev–Trinajstić information content (AvgIpc) is 2.68. The molecule has 2 amide bonds. The molecule has 4 heteroatoms. The summed E-state index contributed by atoms with van der Waals surface area (Å²) >= 11 is 0. The molecular weight excluding hydrogens is 324 g/mol. The molecule has 0 unspecified atom stereocenters. The molecule has 1 heterocycles. The van der Waals surface area contributed by atoms with Gasteiger partial charge < -0.3 is 9.80 Å². The van der Waals surface area contributed by atoms with Gasteiger partial charge in [-0.3, -0.25) is 9.59 Å². The van der Waals surface area contributed by atoms with E-state index in [0.29, 0.717) is 31.7 Å². The van der Waals surface area contributed by atoms with Crippen LogP contribution >= 0.6 is 0 Å². The van der Waals surface area contributed by atoms with Gasteiger partial charge in [0.25, 0.3) is 5.91 Å². The van der Waals surface area contributed by atoms with Gasteiger partial charge in [0.1, 0.15) is 0 Å². The van der Waals surface area contributed by atoms with Gasteiger partial charge in [-0.05, 0) is 30.5 Å². The van der Waals surface area contributed by atoms with Gasteiger partial charge in [-0.1, -0.05) is 55.0 Å². The fourth-order valence-electron chi connectivity index (χ4n) is 4.09. The molecule has 0 atom stereocenters. The van der Waals surface area contributed by atoms with E-state index in [9.17, 15) is 9.59 Å². The lowest BCUT2D eigenvalue weighted by atomic mass is 9.63. The quantitative estimate of drug-likeness (QED) is 0.855. The van der Waals surface area contributed by atoms with E-state index in [-0.39, 0.29) is 17.2 Å². The summed E-state index contributed by atoms with van der Waals surface area (Å²) in [4.78, 5) is 29.7. The molecular formula is C22H24N2O2. The highest BCUT2D eigenvalue weighted by Gasteiger charge is 2.48. The summed E-state index contributed by atoms with van der Waals surface area (Å²) in [5, 5.41) is 0. The van der Waals surface area contributed by atoms with Crippen molar-refractivity contribution in [2.45, 2.75) is 24.7 Å². The molecule has 0 radical (unpaired) electrons. The first-order chi connectivity index (χ1) is 12.7. The highest BCUT2D eigenvalue weighted by atomic mass is 16.2. The monoisotopic (exact) mass is 348 g/mol. The van der Waals surface area contributed by atoms with Crippen molar-refractivity contribution in [3.8, 4) is 0 Å². The van der Waals surface area contributed by atoms with Crippen molar-refractivity contribution in [1.82, 2.24) is 9.80 Å². The standard InChI is InChI=1S/C22H24N2O2/c25-20(18-8-3-1-4-9-18)23-14-16-24(17-15-23)21(26)22(12-7-13-22)19-10-5-2-6-11-19/h1-6,8-11H,7,12-17H2. The topological polar surface area (TPSA) is 40.6 Å². The Hall–Kier alpha value is -2.62. The van der Waals surface area contributed by atoms with Crippen LogP contribution in [-0.2, 0) is 10.2 Å². The van der Waals surface area contributed by atoms with Crippen LogP contribution in [0.25, 0.3) is 0 Å². The molecule has 0 bridgehead atoms. The Balaban J connectivity index is 1.43. The van der Waals surface area contributed by atoms with E-state index < -0.39 is 0 Å². The molecule has 0 N–H and O–H groups in total. The van der Waals surface area contributed by atoms with Crippen LogP contribution in [0.3, 0.4) is 0 Å². The predicted octanol–water partition coefficient (Wildman–Crippen LogP) is 3.09.